The molecule has 0 heterocycles. The van der Waals surface area contributed by atoms with Crippen LogP contribution in [0.2, 0.25) is 0 Å². The van der Waals surface area contributed by atoms with Gasteiger partial charge in [-0.05, 0) is 19.1 Å². The molecule has 0 amide bonds. The molecule has 1 aromatic carbocycles. The number of benzene rings is 1. The molecule has 15 heavy (non-hydrogen) atoms. The molecule has 0 aliphatic rings. The van der Waals surface area contributed by atoms with Crippen molar-refractivity contribution in [2.24, 2.45) is 5.73 Å². The molecule has 0 spiro atoms. The molecule has 4 nitrogen and oxygen atoms in total. The number of halogens is 1. The molecule has 1 atom stereocenters. The van der Waals surface area contributed by atoms with E-state index in [9.17, 15) is 4.79 Å². The summed E-state index contributed by atoms with van der Waals surface area (Å²) < 4.78 is 5.05. The molecule has 1 unspecified atom stereocenters. The van der Waals surface area contributed by atoms with Crippen molar-refractivity contribution in [3.63, 3.8) is 0 Å². The van der Waals surface area contributed by atoms with Crippen LogP contribution in [0.5, 0.6) is 5.75 Å². The summed E-state index contributed by atoms with van der Waals surface area (Å²) in [7, 11) is 1.49. The van der Waals surface area contributed by atoms with E-state index < -0.39 is 5.97 Å². The van der Waals surface area contributed by atoms with Gasteiger partial charge in [0.1, 0.15) is 5.75 Å². The molecule has 0 fully saturated rings. The summed E-state index contributed by atoms with van der Waals surface area (Å²) in [4.78, 5) is 10.7. The lowest BCUT2D eigenvalue weighted by Crippen LogP contribution is -2.08. The fraction of sp³-hybridized carbons (Fsp3) is 0.300. The molecule has 3 N–H and O–H groups in total. The van der Waals surface area contributed by atoms with Crippen molar-refractivity contribution < 1.29 is 14.6 Å². The van der Waals surface area contributed by atoms with Gasteiger partial charge < -0.3 is 15.6 Å². The van der Waals surface area contributed by atoms with Gasteiger partial charge in [0.15, 0.2) is 0 Å². The first-order chi connectivity index (χ1) is 6.56. The maximum atomic E-state index is 10.7. The van der Waals surface area contributed by atoms with Gasteiger partial charge in [-0.25, -0.2) is 4.79 Å². The minimum atomic E-state index is -0.973. The standard InChI is InChI=1S/C10H13NO3.ClH/c1-6(11)8-4-3-7(10(12)13)5-9(8)14-2;/h3-6H,11H2,1-2H3,(H,12,13);1H. The van der Waals surface area contributed by atoms with Gasteiger partial charge in [-0.3, -0.25) is 0 Å². The minimum absolute atomic E-state index is 0. The van der Waals surface area contributed by atoms with Crippen LogP contribution < -0.4 is 10.5 Å². The molecule has 1 rings (SSSR count). The van der Waals surface area contributed by atoms with Crippen LogP contribution in [0.4, 0.5) is 0 Å². The maximum absolute atomic E-state index is 10.7. The van der Waals surface area contributed by atoms with E-state index in [0.717, 1.165) is 5.56 Å². The Balaban J connectivity index is 0.00000196. The number of nitrogens with two attached hydrogens (primary N) is 1. The normalized spacial score (nSPS) is 11.4. The van der Waals surface area contributed by atoms with Gasteiger partial charge in [-0.15, -0.1) is 12.4 Å². The van der Waals surface area contributed by atoms with Gasteiger partial charge in [0.05, 0.1) is 12.7 Å². The zero-order valence-corrected chi connectivity index (χ0v) is 9.38. The molecular formula is C10H14ClNO3. The van der Waals surface area contributed by atoms with Gasteiger partial charge in [-0.1, -0.05) is 6.07 Å². The number of methoxy groups -OCH3 is 1. The molecule has 0 aliphatic carbocycles. The largest absolute Gasteiger partial charge is 0.496 e. The average Bonchev–Trinajstić information content (AvgIpc) is 2.16. The first-order valence-corrected chi connectivity index (χ1v) is 4.23. The Morgan fingerprint density at radius 3 is 2.53 bits per heavy atom. The van der Waals surface area contributed by atoms with Crippen molar-refractivity contribution in [2.45, 2.75) is 13.0 Å². The molecule has 84 valence electrons. The van der Waals surface area contributed by atoms with Crippen LogP contribution in [0, 0.1) is 0 Å². The van der Waals surface area contributed by atoms with Crippen molar-refractivity contribution in [1.82, 2.24) is 0 Å². The second-order valence-electron chi connectivity index (χ2n) is 3.05. The highest BCUT2D eigenvalue weighted by Gasteiger charge is 2.11. The zero-order chi connectivity index (χ0) is 10.7. The quantitative estimate of drug-likeness (QED) is 0.833. The first kappa shape index (κ1) is 13.7. The average molecular weight is 232 g/mol. The Morgan fingerprint density at radius 2 is 2.13 bits per heavy atom. The van der Waals surface area contributed by atoms with Crippen LogP contribution in [-0.4, -0.2) is 18.2 Å². The summed E-state index contributed by atoms with van der Waals surface area (Å²) in [5.41, 5.74) is 6.69. The number of hydrogen-bond acceptors (Lipinski definition) is 3. The topological polar surface area (TPSA) is 72.5 Å². The number of hydrogen-bond donors (Lipinski definition) is 2. The Morgan fingerprint density at radius 1 is 1.53 bits per heavy atom. The number of ether oxygens (including phenoxy) is 1. The van der Waals surface area contributed by atoms with E-state index in [1.807, 2.05) is 6.92 Å². The third kappa shape index (κ3) is 3.11. The number of rotatable bonds is 3. The van der Waals surface area contributed by atoms with E-state index in [1.54, 1.807) is 6.07 Å². The maximum Gasteiger partial charge on any atom is 0.335 e. The number of carboxylic acid groups (broad SMARTS) is 1. The summed E-state index contributed by atoms with van der Waals surface area (Å²) in [5, 5.41) is 8.75. The van der Waals surface area contributed by atoms with Crippen molar-refractivity contribution in [1.29, 1.82) is 0 Å². The second-order valence-corrected chi connectivity index (χ2v) is 3.05. The molecule has 0 aromatic heterocycles. The van der Waals surface area contributed by atoms with Crippen molar-refractivity contribution in [2.75, 3.05) is 7.11 Å². The molecule has 5 heteroatoms. The van der Waals surface area contributed by atoms with Gasteiger partial charge >= 0.3 is 5.97 Å². The molecule has 0 aliphatic heterocycles. The fourth-order valence-electron chi connectivity index (χ4n) is 1.22. The van der Waals surface area contributed by atoms with E-state index in [2.05, 4.69) is 0 Å². The third-order valence-corrected chi connectivity index (χ3v) is 1.97. The monoisotopic (exact) mass is 231 g/mol. The lowest BCUT2D eigenvalue weighted by Gasteiger charge is -2.11. The molecule has 0 saturated heterocycles. The number of carboxylic acids is 1. The highest BCUT2D eigenvalue weighted by molar-refractivity contribution is 5.88. The van der Waals surface area contributed by atoms with Crippen molar-refractivity contribution in [3.8, 4) is 5.75 Å². The predicted octanol–water partition coefficient (Wildman–Crippen LogP) is 1.83. The highest BCUT2D eigenvalue weighted by Crippen LogP contribution is 2.24. The smallest absolute Gasteiger partial charge is 0.335 e. The van der Waals surface area contributed by atoms with Crippen LogP contribution in [-0.2, 0) is 0 Å². The lowest BCUT2D eigenvalue weighted by atomic mass is 10.1. The minimum Gasteiger partial charge on any atom is -0.496 e. The van der Waals surface area contributed by atoms with Crippen molar-refractivity contribution >= 4 is 18.4 Å². The van der Waals surface area contributed by atoms with Crippen LogP contribution in [0.15, 0.2) is 18.2 Å². The molecule has 0 bridgehead atoms. The van der Waals surface area contributed by atoms with Gasteiger partial charge in [0, 0.05) is 11.6 Å². The van der Waals surface area contributed by atoms with E-state index in [4.69, 9.17) is 15.6 Å². The Bertz CT molecular complexity index is 353. The van der Waals surface area contributed by atoms with Gasteiger partial charge in [-0.2, -0.15) is 0 Å². The first-order valence-electron chi connectivity index (χ1n) is 4.23. The van der Waals surface area contributed by atoms with E-state index in [-0.39, 0.29) is 24.0 Å². The highest BCUT2D eigenvalue weighted by atomic mass is 35.5. The van der Waals surface area contributed by atoms with E-state index in [0.29, 0.717) is 5.75 Å². The fourth-order valence-corrected chi connectivity index (χ4v) is 1.22. The Kier molecular flexibility index (Phi) is 5.11. The Labute approximate surface area is 94.5 Å². The van der Waals surface area contributed by atoms with Crippen LogP contribution in [0.3, 0.4) is 0 Å². The summed E-state index contributed by atoms with van der Waals surface area (Å²) in [6.45, 7) is 1.82. The molecule has 1 aromatic rings. The van der Waals surface area contributed by atoms with Crippen LogP contribution in [0.1, 0.15) is 28.9 Å². The third-order valence-electron chi connectivity index (χ3n) is 1.97. The molecule has 0 saturated carbocycles. The van der Waals surface area contributed by atoms with Crippen LogP contribution in [0.25, 0.3) is 0 Å². The Hall–Kier alpha value is -1.26. The number of carbonyl (C=O) groups is 1. The summed E-state index contributed by atoms with van der Waals surface area (Å²) >= 11 is 0. The summed E-state index contributed by atoms with van der Waals surface area (Å²) in [6, 6.07) is 4.49. The van der Waals surface area contributed by atoms with E-state index >= 15 is 0 Å². The van der Waals surface area contributed by atoms with Crippen molar-refractivity contribution in [3.05, 3.63) is 29.3 Å². The molecule has 0 radical (unpaired) electrons. The number of aromatic carboxylic acids is 1. The van der Waals surface area contributed by atoms with Gasteiger partial charge in [0.25, 0.3) is 0 Å². The second kappa shape index (κ2) is 5.58. The van der Waals surface area contributed by atoms with E-state index in [1.165, 1.54) is 19.2 Å². The lowest BCUT2D eigenvalue weighted by molar-refractivity contribution is 0.0696. The zero-order valence-electron chi connectivity index (χ0n) is 8.56. The summed E-state index contributed by atoms with van der Waals surface area (Å²) in [6.07, 6.45) is 0. The predicted molar refractivity (Wildman–Crippen MR) is 59.8 cm³/mol. The molecular weight excluding hydrogens is 218 g/mol. The summed E-state index contributed by atoms with van der Waals surface area (Å²) in [5.74, 6) is -0.459. The van der Waals surface area contributed by atoms with Gasteiger partial charge in [0.2, 0.25) is 0 Å². The van der Waals surface area contributed by atoms with Crippen LogP contribution >= 0.6 is 12.4 Å². The SMILES string of the molecule is COc1cc(C(=O)O)ccc1C(C)N.Cl.